The summed E-state index contributed by atoms with van der Waals surface area (Å²) in [5, 5.41) is 0. The zero-order valence-electron chi connectivity index (χ0n) is 11.6. The summed E-state index contributed by atoms with van der Waals surface area (Å²) in [6, 6.07) is 28.8. The third kappa shape index (κ3) is 2.80. The van der Waals surface area contributed by atoms with E-state index in [2.05, 4.69) is 79.7 Å². The lowest BCUT2D eigenvalue weighted by atomic mass is 9.97. The fourth-order valence-corrected chi connectivity index (χ4v) is 2.49. The molecular weight excluding hydrogens is 240 g/mol. The molecule has 97 valence electrons. The molecule has 0 fully saturated rings. The van der Waals surface area contributed by atoms with Gasteiger partial charge in [-0.15, -0.1) is 0 Å². The highest BCUT2D eigenvalue weighted by Crippen LogP contribution is 2.24. The first-order valence-electron chi connectivity index (χ1n) is 6.93. The van der Waals surface area contributed by atoms with Crippen molar-refractivity contribution in [2.45, 2.75) is 13.3 Å². The Kier molecular flexibility index (Phi) is 3.64. The van der Waals surface area contributed by atoms with Gasteiger partial charge in [0.2, 0.25) is 0 Å². The van der Waals surface area contributed by atoms with Crippen LogP contribution in [0.4, 0.5) is 0 Å². The second-order valence-corrected chi connectivity index (χ2v) is 5.09. The zero-order chi connectivity index (χ0) is 13.8. The lowest BCUT2D eigenvalue weighted by Crippen LogP contribution is -1.89. The maximum atomic E-state index is 3.35. The molecule has 3 aromatic carbocycles. The van der Waals surface area contributed by atoms with Gasteiger partial charge in [0.15, 0.2) is 0 Å². The predicted octanol–water partition coefficient (Wildman–Crippen LogP) is 5.05. The summed E-state index contributed by atoms with van der Waals surface area (Å²) in [7, 11) is 0. The number of hydrogen-bond acceptors (Lipinski definition) is 0. The lowest BCUT2D eigenvalue weighted by molar-refractivity contribution is 1.19. The summed E-state index contributed by atoms with van der Waals surface area (Å²) >= 11 is 0. The fourth-order valence-electron chi connectivity index (χ4n) is 2.49. The van der Waals surface area contributed by atoms with Crippen LogP contribution in [0.25, 0.3) is 11.1 Å². The van der Waals surface area contributed by atoms with Crippen molar-refractivity contribution >= 4 is 0 Å². The van der Waals surface area contributed by atoms with Crippen LogP contribution in [0.15, 0.2) is 72.8 Å². The van der Waals surface area contributed by atoms with E-state index in [9.17, 15) is 0 Å². The number of aryl methyl sites for hydroxylation is 1. The summed E-state index contributed by atoms with van der Waals surface area (Å²) in [5.74, 6) is 0. The van der Waals surface area contributed by atoms with Gasteiger partial charge in [0.05, 0.1) is 0 Å². The van der Waals surface area contributed by atoms with Crippen LogP contribution < -0.4 is 0 Å². The van der Waals surface area contributed by atoms with E-state index in [1.165, 1.54) is 27.8 Å². The molecule has 3 rings (SSSR count). The Morgan fingerprint density at radius 2 is 1.55 bits per heavy atom. The second kappa shape index (κ2) is 5.75. The van der Waals surface area contributed by atoms with Gasteiger partial charge in [-0.1, -0.05) is 72.8 Å². The third-order valence-corrected chi connectivity index (χ3v) is 3.55. The van der Waals surface area contributed by atoms with Gasteiger partial charge in [0, 0.05) is 0 Å². The monoisotopic (exact) mass is 257 g/mol. The summed E-state index contributed by atoms with van der Waals surface area (Å²) in [6.07, 6.45) is 0.967. The van der Waals surface area contributed by atoms with E-state index in [0.29, 0.717) is 0 Å². The number of hydrogen-bond donors (Lipinski definition) is 0. The maximum absolute atomic E-state index is 3.35. The summed E-state index contributed by atoms with van der Waals surface area (Å²) in [5.41, 5.74) is 6.40. The molecular formula is C20H17. The van der Waals surface area contributed by atoms with Crippen molar-refractivity contribution in [3.05, 3.63) is 95.6 Å². The molecule has 1 radical (unpaired) electrons. The van der Waals surface area contributed by atoms with E-state index in [1.54, 1.807) is 0 Å². The lowest BCUT2D eigenvalue weighted by Gasteiger charge is -2.08. The van der Waals surface area contributed by atoms with Crippen LogP contribution in [-0.4, -0.2) is 0 Å². The van der Waals surface area contributed by atoms with Gasteiger partial charge in [0.25, 0.3) is 0 Å². The highest BCUT2D eigenvalue weighted by Gasteiger charge is 2.03. The summed E-state index contributed by atoms with van der Waals surface area (Å²) in [4.78, 5) is 0. The molecule has 3 aromatic rings. The van der Waals surface area contributed by atoms with Gasteiger partial charge < -0.3 is 0 Å². The Bertz CT molecular complexity index is 696. The zero-order valence-corrected chi connectivity index (χ0v) is 11.6. The minimum Gasteiger partial charge on any atom is -0.0622 e. The van der Waals surface area contributed by atoms with E-state index in [4.69, 9.17) is 0 Å². The van der Waals surface area contributed by atoms with Crippen molar-refractivity contribution in [3.8, 4) is 11.1 Å². The third-order valence-electron chi connectivity index (χ3n) is 3.55. The van der Waals surface area contributed by atoms with E-state index < -0.39 is 0 Å². The van der Waals surface area contributed by atoms with Crippen LogP contribution >= 0.6 is 0 Å². The molecule has 0 saturated heterocycles. The van der Waals surface area contributed by atoms with Crippen molar-refractivity contribution in [2.24, 2.45) is 0 Å². The Labute approximate surface area is 120 Å². The topological polar surface area (TPSA) is 0 Å². The van der Waals surface area contributed by atoms with E-state index in [-0.39, 0.29) is 0 Å². The molecule has 0 amide bonds. The van der Waals surface area contributed by atoms with Crippen molar-refractivity contribution in [3.63, 3.8) is 0 Å². The van der Waals surface area contributed by atoms with E-state index in [0.717, 1.165) is 6.42 Å². The van der Waals surface area contributed by atoms with Crippen molar-refractivity contribution < 1.29 is 0 Å². The van der Waals surface area contributed by atoms with Crippen molar-refractivity contribution in [1.29, 1.82) is 0 Å². The molecule has 0 spiro atoms. The molecule has 0 aromatic heterocycles. The Morgan fingerprint density at radius 1 is 0.800 bits per heavy atom. The van der Waals surface area contributed by atoms with Gasteiger partial charge in [0.1, 0.15) is 0 Å². The molecule has 0 aliphatic carbocycles. The Hall–Kier alpha value is -2.34. The Morgan fingerprint density at radius 3 is 2.35 bits per heavy atom. The van der Waals surface area contributed by atoms with Gasteiger partial charge in [-0.3, -0.25) is 0 Å². The summed E-state index contributed by atoms with van der Waals surface area (Å²) < 4.78 is 0. The van der Waals surface area contributed by atoms with Crippen LogP contribution in [0, 0.1) is 13.0 Å². The number of rotatable bonds is 3. The van der Waals surface area contributed by atoms with Crippen molar-refractivity contribution in [2.75, 3.05) is 0 Å². The van der Waals surface area contributed by atoms with Crippen LogP contribution in [0.2, 0.25) is 0 Å². The molecule has 0 saturated carbocycles. The van der Waals surface area contributed by atoms with Crippen LogP contribution in [0.3, 0.4) is 0 Å². The standard InChI is InChI=1S/C20H17/c1-16-8-5-6-13-20(16)19-12-7-11-18(15-19)14-17-9-3-2-4-10-17/h2-11,13,15H,14H2,1H3. The molecule has 0 bridgehead atoms. The first kappa shape index (κ1) is 12.7. The molecule has 0 aliphatic heterocycles. The van der Waals surface area contributed by atoms with Crippen LogP contribution in [0.5, 0.6) is 0 Å². The fraction of sp³-hybridized carbons (Fsp3) is 0.100. The van der Waals surface area contributed by atoms with E-state index >= 15 is 0 Å². The second-order valence-electron chi connectivity index (χ2n) is 5.09. The molecule has 0 nitrogen and oxygen atoms in total. The van der Waals surface area contributed by atoms with Crippen LogP contribution in [-0.2, 0) is 6.42 Å². The molecule has 0 heteroatoms. The van der Waals surface area contributed by atoms with Gasteiger partial charge in [-0.05, 0) is 47.2 Å². The highest BCUT2D eigenvalue weighted by atomic mass is 14.1. The average molecular weight is 257 g/mol. The predicted molar refractivity (Wildman–Crippen MR) is 84.7 cm³/mol. The molecule has 0 N–H and O–H groups in total. The summed E-state index contributed by atoms with van der Waals surface area (Å²) in [6.45, 7) is 2.15. The minimum atomic E-state index is 0.967. The molecule has 0 heterocycles. The number of benzene rings is 3. The Balaban J connectivity index is 1.92. The van der Waals surface area contributed by atoms with Crippen molar-refractivity contribution in [1.82, 2.24) is 0 Å². The maximum Gasteiger partial charge on any atom is -0.00255 e. The van der Waals surface area contributed by atoms with E-state index in [1.807, 2.05) is 6.07 Å². The first-order chi connectivity index (χ1) is 9.83. The molecule has 0 atom stereocenters. The molecule has 0 aliphatic rings. The normalized spacial score (nSPS) is 10.4. The average Bonchev–Trinajstić information content (AvgIpc) is 2.49. The minimum absolute atomic E-state index is 0.967. The highest BCUT2D eigenvalue weighted by molar-refractivity contribution is 5.67. The van der Waals surface area contributed by atoms with Gasteiger partial charge >= 0.3 is 0 Å². The SMILES string of the molecule is Cc1ccccc1-c1[c]ccc(Cc2ccccc2)c1. The molecule has 20 heavy (non-hydrogen) atoms. The molecule has 0 unspecified atom stereocenters. The first-order valence-corrected chi connectivity index (χ1v) is 6.93. The smallest absolute Gasteiger partial charge is 0.00255 e. The van der Waals surface area contributed by atoms with Gasteiger partial charge in [-0.2, -0.15) is 0 Å². The van der Waals surface area contributed by atoms with Gasteiger partial charge in [-0.25, -0.2) is 0 Å². The van der Waals surface area contributed by atoms with Crippen LogP contribution in [0.1, 0.15) is 16.7 Å². The largest absolute Gasteiger partial charge is 0.0622 e. The quantitative estimate of drug-likeness (QED) is 0.615.